The topological polar surface area (TPSA) is 55.1 Å². The highest BCUT2D eigenvalue weighted by Crippen LogP contribution is 2.22. The predicted molar refractivity (Wildman–Crippen MR) is 74.2 cm³/mol. The molecule has 19 heavy (non-hydrogen) atoms. The molecule has 1 N–H and O–H groups in total. The molecule has 0 atom stereocenters. The van der Waals surface area contributed by atoms with Crippen LogP contribution in [0.5, 0.6) is 0 Å². The highest BCUT2D eigenvalue weighted by atomic mass is 35.5. The van der Waals surface area contributed by atoms with Gasteiger partial charge in [0.15, 0.2) is 11.5 Å². The Morgan fingerprint density at radius 3 is 2.47 bits per heavy atom. The quantitative estimate of drug-likeness (QED) is 0.914. The molecule has 2 rings (SSSR count). The van der Waals surface area contributed by atoms with Crippen molar-refractivity contribution < 1.29 is 9.32 Å². The Kier molecular flexibility index (Phi) is 3.62. The van der Waals surface area contributed by atoms with E-state index < -0.39 is 0 Å². The lowest BCUT2D eigenvalue weighted by atomic mass is 10.1. The second-order valence-corrected chi connectivity index (χ2v) is 5.72. The molecule has 0 saturated carbocycles. The van der Waals surface area contributed by atoms with Crippen molar-refractivity contribution in [3.05, 3.63) is 41.0 Å². The molecule has 0 aliphatic rings. The fraction of sp³-hybridized carbons (Fsp3) is 0.286. The molecule has 100 valence electrons. The van der Waals surface area contributed by atoms with Crippen molar-refractivity contribution in [1.82, 2.24) is 10.5 Å². The number of carbonyl (C=O) groups is 1. The molecular weight excluding hydrogens is 264 g/mol. The number of rotatable bonds is 2. The van der Waals surface area contributed by atoms with E-state index in [-0.39, 0.29) is 17.1 Å². The van der Waals surface area contributed by atoms with Gasteiger partial charge in [0, 0.05) is 22.2 Å². The number of nitrogens with zero attached hydrogens (tertiary/aromatic N) is 1. The van der Waals surface area contributed by atoms with Gasteiger partial charge in [-0.05, 0) is 45.0 Å². The zero-order chi connectivity index (χ0) is 14.0. The molecule has 0 bridgehead atoms. The van der Waals surface area contributed by atoms with E-state index >= 15 is 0 Å². The molecular formula is C14H15ClN2O2. The van der Waals surface area contributed by atoms with Crippen molar-refractivity contribution in [1.29, 1.82) is 0 Å². The molecule has 5 heteroatoms. The Labute approximate surface area is 116 Å². The SMILES string of the molecule is CC(C)(C)NC(=O)c1cc(-c2ccc(Cl)cc2)on1. The largest absolute Gasteiger partial charge is 0.355 e. The number of halogens is 1. The van der Waals surface area contributed by atoms with Gasteiger partial charge in [0.2, 0.25) is 0 Å². The van der Waals surface area contributed by atoms with Gasteiger partial charge in [0.25, 0.3) is 5.91 Å². The minimum absolute atomic E-state index is 0.253. The highest BCUT2D eigenvalue weighted by Gasteiger charge is 2.19. The summed E-state index contributed by atoms with van der Waals surface area (Å²) < 4.78 is 5.17. The third kappa shape index (κ3) is 3.58. The summed E-state index contributed by atoms with van der Waals surface area (Å²) in [4.78, 5) is 11.9. The minimum atomic E-state index is -0.309. The number of carbonyl (C=O) groups excluding carboxylic acids is 1. The fourth-order valence-corrected chi connectivity index (χ4v) is 1.66. The smallest absolute Gasteiger partial charge is 0.273 e. The molecule has 0 radical (unpaired) electrons. The van der Waals surface area contributed by atoms with E-state index in [1.807, 2.05) is 32.9 Å². The predicted octanol–water partition coefficient (Wildman–Crippen LogP) is 3.52. The van der Waals surface area contributed by atoms with Crippen LogP contribution >= 0.6 is 11.6 Å². The van der Waals surface area contributed by atoms with Crippen LogP contribution in [0.3, 0.4) is 0 Å². The first-order chi connectivity index (χ1) is 8.85. The van der Waals surface area contributed by atoms with E-state index in [1.54, 1.807) is 18.2 Å². The summed E-state index contributed by atoms with van der Waals surface area (Å²) >= 11 is 5.82. The summed E-state index contributed by atoms with van der Waals surface area (Å²) in [5.41, 5.74) is 0.780. The molecule has 1 aromatic heterocycles. The van der Waals surface area contributed by atoms with Gasteiger partial charge in [-0.15, -0.1) is 0 Å². The van der Waals surface area contributed by atoms with Crippen molar-refractivity contribution in [2.45, 2.75) is 26.3 Å². The van der Waals surface area contributed by atoms with Gasteiger partial charge in [0.1, 0.15) is 0 Å². The average molecular weight is 279 g/mol. The molecule has 1 aromatic carbocycles. The van der Waals surface area contributed by atoms with E-state index in [0.717, 1.165) is 5.56 Å². The molecule has 1 amide bonds. The van der Waals surface area contributed by atoms with Crippen LogP contribution in [0.15, 0.2) is 34.9 Å². The molecule has 1 heterocycles. The van der Waals surface area contributed by atoms with Crippen LogP contribution in [0.25, 0.3) is 11.3 Å². The maximum absolute atomic E-state index is 11.9. The minimum Gasteiger partial charge on any atom is -0.355 e. The second kappa shape index (κ2) is 5.05. The van der Waals surface area contributed by atoms with Gasteiger partial charge in [-0.1, -0.05) is 16.8 Å². The van der Waals surface area contributed by atoms with Gasteiger partial charge in [0.05, 0.1) is 0 Å². The first kappa shape index (κ1) is 13.6. The lowest BCUT2D eigenvalue weighted by Gasteiger charge is -2.19. The van der Waals surface area contributed by atoms with E-state index in [1.165, 1.54) is 0 Å². The molecule has 0 aliphatic carbocycles. The number of benzene rings is 1. The number of amides is 1. The van der Waals surface area contributed by atoms with E-state index in [9.17, 15) is 4.79 Å². The van der Waals surface area contributed by atoms with Crippen molar-refractivity contribution in [3.8, 4) is 11.3 Å². The third-order valence-corrected chi connectivity index (χ3v) is 2.61. The standard InChI is InChI=1S/C14H15ClN2O2/c1-14(2,3)16-13(18)11-8-12(19-17-11)9-4-6-10(15)7-5-9/h4-8H,1-3H3,(H,16,18). The van der Waals surface area contributed by atoms with E-state index in [2.05, 4.69) is 10.5 Å². The van der Waals surface area contributed by atoms with Crippen molar-refractivity contribution in [3.63, 3.8) is 0 Å². The zero-order valence-corrected chi connectivity index (χ0v) is 11.8. The Bertz CT molecular complexity index is 582. The van der Waals surface area contributed by atoms with Crippen LogP contribution in [0.1, 0.15) is 31.3 Å². The lowest BCUT2D eigenvalue weighted by Crippen LogP contribution is -2.40. The zero-order valence-electron chi connectivity index (χ0n) is 11.0. The van der Waals surface area contributed by atoms with Crippen LogP contribution in [0.4, 0.5) is 0 Å². The van der Waals surface area contributed by atoms with Crippen LogP contribution in [-0.2, 0) is 0 Å². The van der Waals surface area contributed by atoms with Crippen LogP contribution in [-0.4, -0.2) is 16.6 Å². The van der Waals surface area contributed by atoms with E-state index in [4.69, 9.17) is 16.1 Å². The molecule has 2 aromatic rings. The Hall–Kier alpha value is -1.81. The summed E-state index contributed by atoms with van der Waals surface area (Å²) in [6, 6.07) is 8.76. The molecule has 0 unspecified atom stereocenters. The van der Waals surface area contributed by atoms with Gasteiger partial charge in [-0.2, -0.15) is 0 Å². The van der Waals surface area contributed by atoms with E-state index in [0.29, 0.717) is 10.8 Å². The van der Waals surface area contributed by atoms with Crippen molar-refractivity contribution >= 4 is 17.5 Å². The number of nitrogens with one attached hydrogen (secondary N) is 1. The van der Waals surface area contributed by atoms with Crippen LogP contribution < -0.4 is 5.32 Å². The summed E-state index contributed by atoms with van der Waals surface area (Å²) in [7, 11) is 0. The molecule has 0 saturated heterocycles. The number of aromatic nitrogens is 1. The maximum atomic E-state index is 11.9. The molecule has 0 spiro atoms. The summed E-state index contributed by atoms with van der Waals surface area (Å²) in [6.07, 6.45) is 0. The Morgan fingerprint density at radius 1 is 1.26 bits per heavy atom. The summed E-state index contributed by atoms with van der Waals surface area (Å²) in [5, 5.41) is 7.25. The first-order valence-corrected chi connectivity index (χ1v) is 6.28. The van der Waals surface area contributed by atoms with Crippen LogP contribution in [0, 0.1) is 0 Å². The number of hydrogen-bond donors (Lipinski definition) is 1. The molecule has 0 aliphatic heterocycles. The Morgan fingerprint density at radius 2 is 1.89 bits per heavy atom. The fourth-order valence-electron chi connectivity index (χ4n) is 1.54. The Balaban J connectivity index is 2.19. The van der Waals surface area contributed by atoms with Crippen molar-refractivity contribution in [2.24, 2.45) is 0 Å². The average Bonchev–Trinajstić information content (AvgIpc) is 2.77. The van der Waals surface area contributed by atoms with Gasteiger partial charge < -0.3 is 9.84 Å². The summed E-state index contributed by atoms with van der Waals surface area (Å²) in [6.45, 7) is 5.72. The third-order valence-electron chi connectivity index (χ3n) is 2.36. The molecule has 4 nitrogen and oxygen atoms in total. The maximum Gasteiger partial charge on any atom is 0.273 e. The summed E-state index contributed by atoms with van der Waals surface area (Å²) in [5.74, 6) is 0.284. The monoisotopic (exact) mass is 278 g/mol. The van der Waals surface area contributed by atoms with Crippen LogP contribution in [0.2, 0.25) is 5.02 Å². The first-order valence-electron chi connectivity index (χ1n) is 5.90. The highest BCUT2D eigenvalue weighted by molar-refractivity contribution is 6.30. The molecule has 0 fully saturated rings. The van der Waals surface area contributed by atoms with Gasteiger partial charge >= 0.3 is 0 Å². The van der Waals surface area contributed by atoms with Gasteiger partial charge in [-0.3, -0.25) is 4.79 Å². The number of hydrogen-bond acceptors (Lipinski definition) is 3. The van der Waals surface area contributed by atoms with Gasteiger partial charge in [-0.25, -0.2) is 0 Å². The van der Waals surface area contributed by atoms with Crippen molar-refractivity contribution in [2.75, 3.05) is 0 Å². The second-order valence-electron chi connectivity index (χ2n) is 5.29. The normalized spacial score (nSPS) is 11.4. The lowest BCUT2D eigenvalue weighted by molar-refractivity contribution is 0.0910.